The van der Waals surface area contributed by atoms with E-state index in [-0.39, 0.29) is 48.3 Å². The molecule has 334 valence electrons. The molecule has 1 saturated carbocycles. The number of aromatic amines is 1. The van der Waals surface area contributed by atoms with Crippen LogP contribution in [0.15, 0.2) is 95.0 Å². The highest BCUT2D eigenvalue weighted by atomic mass is 32.7. The van der Waals surface area contributed by atoms with Crippen LogP contribution in [-0.2, 0) is 33.6 Å². The van der Waals surface area contributed by atoms with E-state index in [4.69, 9.17) is 47.4 Å². The molecule has 0 bridgehead atoms. The smallest absolute Gasteiger partial charge is 0.479 e. The van der Waals surface area contributed by atoms with E-state index >= 15 is 0 Å². The lowest BCUT2D eigenvalue weighted by Gasteiger charge is -2.37. The number of benzene rings is 3. The summed E-state index contributed by atoms with van der Waals surface area (Å²) in [5.41, 5.74) is 1.25. The first-order valence-corrected chi connectivity index (χ1v) is 24.4. The molecule has 2 N–H and O–H groups in total. The van der Waals surface area contributed by atoms with E-state index in [1.807, 2.05) is 90.8 Å². The van der Waals surface area contributed by atoms with Gasteiger partial charge >= 0.3 is 7.15 Å². The standard InChI is InChI=1S/C45H53N6O10PS/c1-50-24-10-15-37(50)47-44-48-41-38(42(52)49-44)46-28-51(41)43-40(57-26-25-54-2)39(61-62(53)60-34-13-8-9-14-36(34)63-62)35(59-43)27-58-45(29-11-6-5-7-12-29,30-16-20-32(55-3)21-17-30)31-18-22-33(56-4)23-19-31/h5-7,11-12,16-23,28,34-36,39-40,43,53H,8-10,13-15,24-27H2,1-4H3/p+1/t34-,35-,36-,39-,40-,43-,62?/m1/s1. The number of aromatic nitrogens is 4. The lowest BCUT2D eigenvalue weighted by Crippen LogP contribution is -2.41. The third-order valence-corrected chi connectivity index (χ3v) is 16.5. The number of methoxy groups -OCH3 is 3. The van der Waals surface area contributed by atoms with Crippen molar-refractivity contribution < 1.29 is 42.4 Å². The van der Waals surface area contributed by atoms with Crippen LogP contribution in [0.5, 0.6) is 11.5 Å². The van der Waals surface area contributed by atoms with Crippen molar-refractivity contribution in [2.24, 2.45) is 4.99 Å². The second kappa shape index (κ2) is 19.0. The lowest BCUT2D eigenvalue weighted by molar-refractivity contribution is -0.0967. The molecular weight excluding hydrogens is 848 g/mol. The third kappa shape index (κ3) is 8.87. The molecule has 3 saturated heterocycles. The molecule has 0 radical (unpaired) electrons. The van der Waals surface area contributed by atoms with Gasteiger partial charge in [-0.1, -0.05) is 67.4 Å². The lowest BCUT2D eigenvalue weighted by atomic mass is 9.80. The van der Waals surface area contributed by atoms with Crippen molar-refractivity contribution in [2.45, 2.75) is 80.0 Å². The van der Waals surface area contributed by atoms with Gasteiger partial charge in [0, 0.05) is 27.1 Å². The zero-order valence-electron chi connectivity index (χ0n) is 35.8. The number of H-pyrrole nitrogens is 1. The number of aliphatic imine (C=N–C) groups is 1. The number of hydrogen-bond acceptors (Lipinski definition) is 14. The van der Waals surface area contributed by atoms with E-state index in [1.165, 1.54) is 17.7 Å². The molecular formula is C45H54N6O10PS+. The maximum atomic E-state index is 13.5. The summed E-state index contributed by atoms with van der Waals surface area (Å²) in [4.78, 5) is 44.7. The SMILES string of the molecule is COCCO[C@@H]1[C@H](O[P+]2(O)O[C@@H]3CCCC[C@H]3S2)[C@@H](COC(c2ccccc2)(c2ccc(OC)cc2)c2ccc(OC)cc2)O[C@H]1n1cnc2c(=O)[nH]c(N=C3CCCN3C)nc21. The van der Waals surface area contributed by atoms with E-state index in [2.05, 4.69) is 9.97 Å². The average Bonchev–Trinajstić information content (AvgIpc) is 4.09. The minimum absolute atomic E-state index is 0.0539. The molecule has 9 rings (SSSR count). The molecule has 2 aromatic heterocycles. The molecule has 5 heterocycles. The van der Waals surface area contributed by atoms with Crippen molar-refractivity contribution in [3.63, 3.8) is 0 Å². The zero-order valence-corrected chi connectivity index (χ0v) is 37.5. The number of fused-ring (bicyclic) bond motifs is 2. The Hall–Kier alpha value is -4.42. The fraction of sp³-hybridized carbons (Fsp3) is 0.467. The number of amidine groups is 1. The van der Waals surface area contributed by atoms with E-state index < -0.39 is 42.8 Å². The quantitative estimate of drug-likeness (QED) is 0.0591. The summed E-state index contributed by atoms with van der Waals surface area (Å²) in [6, 6.07) is 25.6. The van der Waals surface area contributed by atoms with Crippen LogP contribution < -0.4 is 15.0 Å². The van der Waals surface area contributed by atoms with Crippen molar-refractivity contribution >= 4 is 41.5 Å². The Bertz CT molecular complexity index is 2360. The highest BCUT2D eigenvalue weighted by Gasteiger charge is 2.64. The number of imidazole rings is 1. The normalized spacial score (nSPS) is 26.7. The van der Waals surface area contributed by atoms with E-state index in [0.717, 1.165) is 67.6 Å². The highest BCUT2D eigenvalue weighted by molar-refractivity contribution is 8.58. The molecule has 4 aliphatic rings. The first-order chi connectivity index (χ1) is 30.7. The maximum absolute atomic E-state index is 13.5. The molecule has 3 aliphatic heterocycles. The monoisotopic (exact) mass is 901 g/mol. The number of nitrogens with zero attached hydrogens (tertiary/aromatic N) is 5. The number of rotatable bonds is 16. The summed E-state index contributed by atoms with van der Waals surface area (Å²) in [5.74, 6) is 2.37. The van der Waals surface area contributed by atoms with Crippen molar-refractivity contribution in [2.75, 3.05) is 54.7 Å². The van der Waals surface area contributed by atoms with Gasteiger partial charge in [0.05, 0.1) is 45.6 Å². The summed E-state index contributed by atoms with van der Waals surface area (Å²) in [6.45, 7) is 1.25. The topological polar surface area (TPSA) is 173 Å². The summed E-state index contributed by atoms with van der Waals surface area (Å²) >= 11 is 1.38. The van der Waals surface area contributed by atoms with Gasteiger partial charge in [0.2, 0.25) is 5.95 Å². The van der Waals surface area contributed by atoms with Crippen LogP contribution >= 0.6 is 18.5 Å². The fourth-order valence-corrected chi connectivity index (χ4v) is 14.0. The average molecular weight is 902 g/mol. The van der Waals surface area contributed by atoms with Gasteiger partial charge in [-0.3, -0.25) is 14.3 Å². The Morgan fingerprint density at radius 3 is 2.27 bits per heavy atom. The molecule has 0 amide bonds. The van der Waals surface area contributed by atoms with Crippen molar-refractivity contribution in [3.8, 4) is 11.5 Å². The van der Waals surface area contributed by atoms with Crippen LogP contribution in [0.1, 0.15) is 61.4 Å². The van der Waals surface area contributed by atoms with Gasteiger partial charge in [0.25, 0.3) is 5.56 Å². The molecule has 4 fully saturated rings. The van der Waals surface area contributed by atoms with E-state index in [9.17, 15) is 9.69 Å². The predicted molar refractivity (Wildman–Crippen MR) is 240 cm³/mol. The Morgan fingerprint density at radius 1 is 0.921 bits per heavy atom. The second-order valence-electron chi connectivity index (χ2n) is 16.1. The highest BCUT2D eigenvalue weighted by Crippen LogP contribution is 2.78. The van der Waals surface area contributed by atoms with Gasteiger partial charge < -0.3 is 33.3 Å². The van der Waals surface area contributed by atoms with Gasteiger partial charge in [0.15, 0.2) is 23.5 Å². The van der Waals surface area contributed by atoms with Crippen LogP contribution in [-0.4, -0.2) is 120 Å². The van der Waals surface area contributed by atoms with Gasteiger partial charge in [-0.05, 0) is 60.2 Å². The molecule has 63 heavy (non-hydrogen) atoms. The van der Waals surface area contributed by atoms with Crippen LogP contribution in [0.25, 0.3) is 11.2 Å². The Kier molecular flexibility index (Phi) is 13.2. The summed E-state index contributed by atoms with van der Waals surface area (Å²) < 4.78 is 52.7. The van der Waals surface area contributed by atoms with E-state index in [1.54, 1.807) is 25.9 Å². The Balaban J connectivity index is 1.15. The first-order valence-electron chi connectivity index (χ1n) is 21.4. The third-order valence-electron chi connectivity index (χ3n) is 12.2. The second-order valence-corrected chi connectivity index (χ2v) is 20.3. The number of hydrogen-bond donors (Lipinski definition) is 2. The molecule has 3 aromatic carbocycles. The van der Waals surface area contributed by atoms with Crippen LogP contribution in [0.3, 0.4) is 0 Å². The summed E-state index contributed by atoms with van der Waals surface area (Å²) in [6.07, 6.45) is 3.34. The first kappa shape index (κ1) is 43.8. The maximum Gasteiger partial charge on any atom is 0.479 e. The molecule has 1 unspecified atom stereocenters. The number of likely N-dealkylation sites (tertiary alicyclic amines) is 1. The van der Waals surface area contributed by atoms with Gasteiger partial charge in [-0.15, -0.1) is 0 Å². The largest absolute Gasteiger partial charge is 0.497 e. The summed E-state index contributed by atoms with van der Waals surface area (Å²) in [5, 5.41) is 0.112. The molecule has 7 atom stereocenters. The molecule has 1 aliphatic carbocycles. The molecule has 16 nitrogen and oxygen atoms in total. The number of ether oxygens (including phenoxy) is 6. The summed E-state index contributed by atoms with van der Waals surface area (Å²) in [7, 11) is 3.32. The molecule has 0 spiro atoms. The van der Waals surface area contributed by atoms with Crippen LogP contribution in [0, 0.1) is 0 Å². The minimum atomic E-state index is -3.51. The van der Waals surface area contributed by atoms with Gasteiger partial charge in [0.1, 0.15) is 52.6 Å². The van der Waals surface area contributed by atoms with Crippen molar-refractivity contribution in [1.29, 1.82) is 0 Å². The van der Waals surface area contributed by atoms with Crippen LogP contribution in [0.4, 0.5) is 5.95 Å². The fourth-order valence-electron chi connectivity index (χ4n) is 9.01. The van der Waals surface area contributed by atoms with Crippen molar-refractivity contribution in [3.05, 3.63) is 112 Å². The van der Waals surface area contributed by atoms with Crippen LogP contribution in [0.2, 0.25) is 0 Å². The van der Waals surface area contributed by atoms with Gasteiger partial charge in [-0.2, -0.15) is 23.9 Å². The minimum Gasteiger partial charge on any atom is -0.497 e. The Labute approximate surface area is 370 Å². The van der Waals surface area contributed by atoms with Crippen molar-refractivity contribution in [1.82, 2.24) is 24.4 Å². The zero-order chi connectivity index (χ0) is 43.6. The molecule has 18 heteroatoms. The predicted octanol–water partition coefficient (Wildman–Crippen LogP) is 6.96. The Morgan fingerprint density at radius 2 is 1.62 bits per heavy atom. The van der Waals surface area contributed by atoms with E-state index in [0.29, 0.717) is 11.5 Å². The molecule has 5 aromatic rings. The number of nitrogens with one attached hydrogen (secondary N) is 1. The van der Waals surface area contributed by atoms with Gasteiger partial charge in [-0.25, -0.2) is 4.98 Å².